The lowest BCUT2D eigenvalue weighted by molar-refractivity contribution is 0.0954. The first-order valence-corrected chi connectivity index (χ1v) is 7.45. The summed E-state index contributed by atoms with van der Waals surface area (Å²) in [6, 6.07) is 2.48. The number of nitrogens with one attached hydrogen (secondary N) is 2. The molecule has 1 heterocycles. The third kappa shape index (κ3) is 6.36. The Morgan fingerprint density at radius 1 is 1.12 bits per heavy atom. The SMILES string of the molecule is COCCNCCNC(=O)c1cc(F)cc2nc(C)c(C)nc12.Cl.Cl. The number of carbonyl (C=O) groups is 1. The largest absolute Gasteiger partial charge is 0.383 e. The summed E-state index contributed by atoms with van der Waals surface area (Å²) in [4.78, 5) is 21.0. The summed E-state index contributed by atoms with van der Waals surface area (Å²) in [6.07, 6.45) is 0. The first kappa shape index (κ1) is 23.5. The van der Waals surface area contributed by atoms with Crippen molar-refractivity contribution < 1.29 is 13.9 Å². The molecule has 0 radical (unpaired) electrons. The second kappa shape index (κ2) is 11.1. The molecule has 2 rings (SSSR count). The van der Waals surface area contributed by atoms with Gasteiger partial charge in [-0.1, -0.05) is 0 Å². The molecule has 0 spiro atoms. The zero-order chi connectivity index (χ0) is 16.8. The highest BCUT2D eigenvalue weighted by atomic mass is 35.5. The van der Waals surface area contributed by atoms with Crippen molar-refractivity contribution in [2.24, 2.45) is 0 Å². The maximum Gasteiger partial charge on any atom is 0.253 e. The molecule has 2 N–H and O–H groups in total. The number of aryl methyl sites for hydroxylation is 2. The minimum atomic E-state index is -0.501. The molecule has 0 saturated heterocycles. The Bertz CT molecular complexity index is 716. The minimum Gasteiger partial charge on any atom is -0.383 e. The molecule has 0 atom stereocenters. The third-order valence-electron chi connectivity index (χ3n) is 3.46. The fourth-order valence-electron chi connectivity index (χ4n) is 2.13. The van der Waals surface area contributed by atoms with E-state index >= 15 is 0 Å². The van der Waals surface area contributed by atoms with Crippen molar-refractivity contribution in [3.8, 4) is 0 Å². The number of amides is 1. The average molecular weight is 393 g/mol. The van der Waals surface area contributed by atoms with Gasteiger partial charge in [-0.25, -0.2) is 14.4 Å². The second-order valence-electron chi connectivity index (χ2n) is 5.21. The molecule has 0 aliphatic heterocycles. The molecule has 9 heteroatoms. The van der Waals surface area contributed by atoms with Gasteiger partial charge in [-0.2, -0.15) is 0 Å². The van der Waals surface area contributed by atoms with Crippen molar-refractivity contribution in [1.82, 2.24) is 20.6 Å². The number of benzene rings is 1. The lowest BCUT2D eigenvalue weighted by Gasteiger charge is -2.10. The van der Waals surface area contributed by atoms with Crippen molar-refractivity contribution in [3.63, 3.8) is 0 Å². The van der Waals surface area contributed by atoms with E-state index in [4.69, 9.17) is 4.74 Å². The van der Waals surface area contributed by atoms with E-state index in [2.05, 4.69) is 20.6 Å². The van der Waals surface area contributed by atoms with Gasteiger partial charge in [0.05, 0.1) is 29.1 Å². The first-order valence-electron chi connectivity index (χ1n) is 7.45. The topological polar surface area (TPSA) is 76.1 Å². The van der Waals surface area contributed by atoms with E-state index in [0.717, 1.165) is 11.4 Å². The van der Waals surface area contributed by atoms with Gasteiger partial charge in [-0.15, -0.1) is 24.8 Å². The number of methoxy groups -OCH3 is 1. The van der Waals surface area contributed by atoms with Crippen LogP contribution in [0.15, 0.2) is 12.1 Å². The summed E-state index contributed by atoms with van der Waals surface area (Å²) < 4.78 is 18.7. The number of halogens is 3. The van der Waals surface area contributed by atoms with Crippen LogP contribution in [-0.4, -0.2) is 49.2 Å². The van der Waals surface area contributed by atoms with Gasteiger partial charge in [-0.3, -0.25) is 4.79 Å². The van der Waals surface area contributed by atoms with Crippen LogP contribution >= 0.6 is 24.8 Å². The zero-order valence-electron chi connectivity index (χ0n) is 14.4. The summed E-state index contributed by atoms with van der Waals surface area (Å²) in [7, 11) is 1.63. The van der Waals surface area contributed by atoms with Crippen molar-refractivity contribution in [2.75, 3.05) is 33.4 Å². The van der Waals surface area contributed by atoms with E-state index < -0.39 is 5.82 Å². The van der Waals surface area contributed by atoms with E-state index in [-0.39, 0.29) is 36.3 Å². The third-order valence-corrected chi connectivity index (χ3v) is 3.46. The van der Waals surface area contributed by atoms with E-state index in [9.17, 15) is 9.18 Å². The van der Waals surface area contributed by atoms with Gasteiger partial charge in [0.1, 0.15) is 11.3 Å². The van der Waals surface area contributed by atoms with Crippen molar-refractivity contribution in [2.45, 2.75) is 13.8 Å². The van der Waals surface area contributed by atoms with Crippen LogP contribution in [0.1, 0.15) is 21.7 Å². The molecule has 1 aromatic carbocycles. The Morgan fingerprint density at radius 2 is 1.80 bits per heavy atom. The molecular weight excluding hydrogens is 370 g/mol. The molecule has 140 valence electrons. The number of nitrogens with zero attached hydrogens (tertiary/aromatic N) is 2. The zero-order valence-corrected chi connectivity index (χ0v) is 16.0. The van der Waals surface area contributed by atoms with E-state index in [1.807, 2.05) is 6.92 Å². The van der Waals surface area contributed by atoms with E-state index in [0.29, 0.717) is 37.3 Å². The predicted octanol–water partition coefficient (Wildman–Crippen LogP) is 2.20. The number of hydrogen-bond donors (Lipinski definition) is 2. The number of aromatic nitrogens is 2. The Labute approximate surface area is 158 Å². The molecule has 0 aliphatic rings. The highest BCUT2D eigenvalue weighted by Crippen LogP contribution is 2.19. The number of hydrogen-bond acceptors (Lipinski definition) is 5. The van der Waals surface area contributed by atoms with Crippen molar-refractivity contribution in [3.05, 3.63) is 34.9 Å². The Hall–Kier alpha value is -1.54. The van der Waals surface area contributed by atoms with E-state index in [1.165, 1.54) is 12.1 Å². The van der Waals surface area contributed by atoms with Gasteiger partial charge in [0.15, 0.2) is 0 Å². The van der Waals surface area contributed by atoms with Crippen molar-refractivity contribution in [1.29, 1.82) is 0 Å². The van der Waals surface area contributed by atoms with Gasteiger partial charge in [0.25, 0.3) is 5.91 Å². The van der Waals surface area contributed by atoms with Gasteiger partial charge >= 0.3 is 0 Å². The molecular formula is C16H23Cl2FN4O2. The summed E-state index contributed by atoms with van der Waals surface area (Å²) in [5.74, 6) is -0.862. The van der Waals surface area contributed by atoms with Gasteiger partial charge in [0, 0.05) is 32.8 Å². The fourth-order valence-corrected chi connectivity index (χ4v) is 2.13. The van der Waals surface area contributed by atoms with Crippen LogP contribution in [0, 0.1) is 19.7 Å². The predicted molar refractivity (Wildman–Crippen MR) is 101 cm³/mol. The van der Waals surface area contributed by atoms with Crippen LogP contribution in [-0.2, 0) is 4.74 Å². The van der Waals surface area contributed by atoms with Crippen LogP contribution < -0.4 is 10.6 Å². The number of fused-ring (bicyclic) bond motifs is 1. The van der Waals surface area contributed by atoms with Gasteiger partial charge < -0.3 is 15.4 Å². The molecule has 0 bridgehead atoms. The van der Waals surface area contributed by atoms with Crippen LogP contribution in [0.4, 0.5) is 4.39 Å². The Balaban J connectivity index is 0.00000288. The molecule has 1 amide bonds. The molecule has 25 heavy (non-hydrogen) atoms. The normalized spacial score (nSPS) is 10.1. The quantitative estimate of drug-likeness (QED) is 0.706. The molecule has 1 aromatic heterocycles. The average Bonchev–Trinajstić information content (AvgIpc) is 2.51. The fraction of sp³-hybridized carbons (Fsp3) is 0.438. The Morgan fingerprint density at radius 3 is 2.48 bits per heavy atom. The molecule has 0 aliphatic carbocycles. The smallest absolute Gasteiger partial charge is 0.253 e. The maximum absolute atomic E-state index is 13.7. The van der Waals surface area contributed by atoms with Gasteiger partial charge in [0.2, 0.25) is 0 Å². The lowest BCUT2D eigenvalue weighted by Crippen LogP contribution is -2.33. The number of rotatable bonds is 7. The Kier molecular flexibility index (Phi) is 10.5. The molecule has 0 saturated carbocycles. The molecule has 0 unspecified atom stereocenters. The minimum absolute atomic E-state index is 0. The molecule has 2 aromatic rings. The monoisotopic (exact) mass is 392 g/mol. The van der Waals surface area contributed by atoms with Crippen LogP contribution in [0.3, 0.4) is 0 Å². The standard InChI is InChI=1S/C16H21FN4O2.2ClH/c1-10-11(2)21-15-13(8-12(17)9-14(15)20-10)16(22)19-5-4-18-6-7-23-3;;/h8-9,18H,4-7H2,1-3H3,(H,19,22);2*1H. The number of ether oxygens (including phenoxy) is 1. The highest BCUT2D eigenvalue weighted by Gasteiger charge is 2.15. The van der Waals surface area contributed by atoms with Crippen molar-refractivity contribution >= 4 is 41.8 Å². The number of carbonyl (C=O) groups excluding carboxylic acids is 1. The van der Waals surface area contributed by atoms with Crippen LogP contribution in [0.25, 0.3) is 11.0 Å². The lowest BCUT2D eigenvalue weighted by atomic mass is 10.1. The summed E-state index contributed by atoms with van der Waals surface area (Å²) in [5.41, 5.74) is 2.44. The first-order chi connectivity index (χ1) is 11.0. The summed E-state index contributed by atoms with van der Waals surface area (Å²) in [5, 5.41) is 5.87. The summed E-state index contributed by atoms with van der Waals surface area (Å²) in [6.45, 7) is 5.96. The molecule has 6 nitrogen and oxygen atoms in total. The van der Waals surface area contributed by atoms with Crippen LogP contribution in [0.5, 0.6) is 0 Å². The van der Waals surface area contributed by atoms with E-state index in [1.54, 1.807) is 14.0 Å². The second-order valence-corrected chi connectivity index (χ2v) is 5.21. The summed E-state index contributed by atoms with van der Waals surface area (Å²) >= 11 is 0. The highest BCUT2D eigenvalue weighted by molar-refractivity contribution is 6.04. The van der Waals surface area contributed by atoms with Crippen LogP contribution in [0.2, 0.25) is 0 Å². The van der Waals surface area contributed by atoms with Gasteiger partial charge in [-0.05, 0) is 19.9 Å². The molecule has 0 fully saturated rings. The maximum atomic E-state index is 13.7.